The highest BCUT2D eigenvalue weighted by Crippen LogP contribution is 1.97. The Bertz CT molecular complexity index is 148. The topological polar surface area (TPSA) is 82.7 Å². The summed E-state index contributed by atoms with van der Waals surface area (Å²) in [7, 11) is 3.26. The van der Waals surface area contributed by atoms with Crippen LogP contribution in [0.3, 0.4) is 0 Å². The van der Waals surface area contributed by atoms with Crippen molar-refractivity contribution in [1.29, 1.82) is 0 Å². The van der Waals surface area contributed by atoms with Gasteiger partial charge in [0.25, 0.3) is 5.90 Å². The maximum atomic E-state index is 10.5. The predicted molar refractivity (Wildman–Crippen MR) is 49.9 cm³/mol. The van der Waals surface area contributed by atoms with Crippen LogP contribution in [0.15, 0.2) is 4.40 Å². The summed E-state index contributed by atoms with van der Waals surface area (Å²) in [5, 5.41) is 7.96. The van der Waals surface area contributed by atoms with E-state index in [2.05, 4.69) is 9.71 Å². The zero-order valence-electron chi connectivity index (χ0n) is 7.53. The fourth-order valence-corrected chi connectivity index (χ4v) is 1.21. The van der Waals surface area contributed by atoms with Crippen molar-refractivity contribution in [1.82, 2.24) is 5.32 Å². The maximum absolute atomic E-state index is 10.5. The molecule has 0 aromatic heterocycles. The van der Waals surface area contributed by atoms with Crippen molar-refractivity contribution >= 4 is 17.4 Å². The fourth-order valence-electron chi connectivity index (χ4n) is 0.834. The van der Waals surface area contributed by atoms with Gasteiger partial charge in [-0.2, -0.15) is 0 Å². The molecule has 0 fully saturated rings. The molecular weight excluding hydrogens is 178 g/mol. The fraction of sp³-hybridized carbons (Fsp3) is 0.833. The van der Waals surface area contributed by atoms with Gasteiger partial charge < -0.3 is 14.6 Å². The second kappa shape index (κ2) is 6.24. The minimum absolute atomic E-state index is 0.0255. The normalized spacial score (nSPS) is 17.2. The second-order valence-corrected chi connectivity index (χ2v) is 2.89. The van der Waals surface area contributed by atoms with Crippen molar-refractivity contribution < 1.29 is 9.29 Å². The van der Waals surface area contributed by atoms with Gasteiger partial charge in [0.1, 0.15) is 0 Å². The highest BCUT2D eigenvalue weighted by atomic mass is 32.2. The summed E-state index contributed by atoms with van der Waals surface area (Å²) < 4.78 is 19.1. The highest BCUT2D eigenvalue weighted by Gasteiger charge is 2.15. The molecule has 2 atom stereocenters. The summed E-state index contributed by atoms with van der Waals surface area (Å²) in [5.41, 5.74) is 0. The lowest BCUT2D eigenvalue weighted by atomic mass is 10.2. The van der Waals surface area contributed by atoms with Gasteiger partial charge in [-0.15, -0.1) is 5.14 Å². The SMILES string of the molecule is CCC(NC)/C(=N\[S+](N)[O-])OC. The summed E-state index contributed by atoms with van der Waals surface area (Å²) in [6, 6.07) is -0.0255. The molecule has 0 saturated heterocycles. The van der Waals surface area contributed by atoms with Crippen LogP contribution in [-0.4, -0.2) is 30.6 Å². The van der Waals surface area contributed by atoms with Gasteiger partial charge in [0, 0.05) is 0 Å². The summed E-state index contributed by atoms with van der Waals surface area (Å²) in [6.07, 6.45) is 0.806. The summed E-state index contributed by atoms with van der Waals surface area (Å²) in [6.45, 7) is 1.97. The molecule has 12 heavy (non-hydrogen) atoms. The van der Waals surface area contributed by atoms with E-state index in [9.17, 15) is 4.55 Å². The molecule has 0 aliphatic heterocycles. The first-order valence-corrected chi connectivity index (χ1v) is 4.78. The van der Waals surface area contributed by atoms with Crippen molar-refractivity contribution in [2.75, 3.05) is 14.2 Å². The van der Waals surface area contributed by atoms with Crippen molar-refractivity contribution in [3.05, 3.63) is 0 Å². The van der Waals surface area contributed by atoms with E-state index in [-0.39, 0.29) is 6.04 Å². The van der Waals surface area contributed by atoms with Gasteiger partial charge in [-0.1, -0.05) is 6.92 Å². The molecule has 3 N–H and O–H groups in total. The van der Waals surface area contributed by atoms with Gasteiger partial charge >= 0.3 is 0 Å². The van der Waals surface area contributed by atoms with Crippen LogP contribution in [0, 0.1) is 0 Å². The maximum Gasteiger partial charge on any atom is 0.256 e. The lowest BCUT2D eigenvalue weighted by molar-refractivity contribution is 0.371. The minimum Gasteiger partial charge on any atom is -0.572 e. The van der Waals surface area contributed by atoms with E-state index in [1.54, 1.807) is 7.05 Å². The Balaban J connectivity index is 4.29. The largest absolute Gasteiger partial charge is 0.572 e. The van der Waals surface area contributed by atoms with E-state index in [1.807, 2.05) is 6.92 Å². The summed E-state index contributed by atoms with van der Waals surface area (Å²) in [5.74, 6) is 0.376. The van der Waals surface area contributed by atoms with Crippen molar-refractivity contribution in [2.24, 2.45) is 9.54 Å². The van der Waals surface area contributed by atoms with Gasteiger partial charge in [-0.3, -0.25) is 0 Å². The molecule has 0 rings (SSSR count). The van der Waals surface area contributed by atoms with Gasteiger partial charge in [0.05, 0.1) is 13.2 Å². The van der Waals surface area contributed by atoms with Gasteiger partial charge in [0.15, 0.2) is 11.5 Å². The average Bonchev–Trinajstić information content (AvgIpc) is 2.04. The Morgan fingerprint density at radius 2 is 2.42 bits per heavy atom. The number of nitrogens with one attached hydrogen (secondary N) is 1. The molecule has 0 heterocycles. The Kier molecular flexibility index (Phi) is 6.09. The Hall–Kier alpha value is -0.300. The van der Waals surface area contributed by atoms with E-state index in [1.165, 1.54) is 7.11 Å². The van der Waals surface area contributed by atoms with Crippen molar-refractivity contribution in [2.45, 2.75) is 19.4 Å². The quantitative estimate of drug-likeness (QED) is 0.360. The van der Waals surface area contributed by atoms with Crippen molar-refractivity contribution in [3.8, 4) is 0 Å². The molecule has 0 bridgehead atoms. The number of methoxy groups -OCH3 is 1. The van der Waals surface area contributed by atoms with E-state index >= 15 is 0 Å². The molecule has 0 aliphatic carbocycles. The first-order chi connectivity index (χ1) is 5.65. The van der Waals surface area contributed by atoms with Crippen LogP contribution in [0.4, 0.5) is 0 Å². The zero-order chi connectivity index (χ0) is 9.56. The highest BCUT2D eigenvalue weighted by molar-refractivity contribution is 7.88. The smallest absolute Gasteiger partial charge is 0.256 e. The molecule has 0 spiro atoms. The van der Waals surface area contributed by atoms with E-state index < -0.39 is 11.5 Å². The molecule has 2 unspecified atom stereocenters. The number of hydrogen-bond donors (Lipinski definition) is 2. The predicted octanol–water partition coefficient (Wildman–Crippen LogP) is -0.433. The standard InChI is InChI=1S/C6H15N3O2S/c1-4-5(8-2)6(11-3)9-12(7)10/h5,8H,4,7H2,1-3H3/b9-6+. The van der Waals surface area contributed by atoms with E-state index in [4.69, 9.17) is 9.88 Å². The van der Waals surface area contributed by atoms with Crippen LogP contribution in [0.5, 0.6) is 0 Å². The first-order valence-electron chi connectivity index (χ1n) is 3.61. The molecule has 6 heteroatoms. The summed E-state index contributed by atoms with van der Waals surface area (Å²) >= 11 is -1.70. The molecule has 0 aromatic rings. The van der Waals surface area contributed by atoms with Crippen LogP contribution in [0.25, 0.3) is 0 Å². The van der Waals surface area contributed by atoms with Crippen LogP contribution in [0.2, 0.25) is 0 Å². The van der Waals surface area contributed by atoms with Crippen LogP contribution < -0.4 is 10.5 Å². The van der Waals surface area contributed by atoms with Gasteiger partial charge in [0.2, 0.25) is 0 Å². The number of likely N-dealkylation sites (N-methyl/N-ethyl adjacent to an activating group) is 1. The van der Waals surface area contributed by atoms with E-state index in [0.717, 1.165) is 6.42 Å². The molecule has 0 saturated carbocycles. The average molecular weight is 193 g/mol. The van der Waals surface area contributed by atoms with Crippen LogP contribution in [-0.2, 0) is 16.3 Å². The molecule has 72 valence electrons. The number of hydrogen-bond acceptors (Lipinski definition) is 5. The van der Waals surface area contributed by atoms with Crippen molar-refractivity contribution in [3.63, 3.8) is 0 Å². The summed E-state index contributed by atoms with van der Waals surface area (Å²) in [4.78, 5) is 0. The van der Waals surface area contributed by atoms with Crippen LogP contribution >= 0.6 is 0 Å². The lowest BCUT2D eigenvalue weighted by Gasteiger charge is -2.13. The number of nitrogens with two attached hydrogens (primary N) is 1. The molecule has 0 amide bonds. The molecule has 0 aromatic carbocycles. The molecular formula is C6H15N3O2S. The Morgan fingerprint density at radius 1 is 1.83 bits per heavy atom. The molecule has 0 aliphatic rings. The third kappa shape index (κ3) is 3.91. The van der Waals surface area contributed by atoms with Gasteiger partial charge in [-0.25, -0.2) is 0 Å². The Labute approximate surface area is 75.8 Å². The zero-order valence-corrected chi connectivity index (χ0v) is 8.35. The second-order valence-electron chi connectivity index (χ2n) is 2.16. The number of nitrogens with zero attached hydrogens (tertiary/aromatic N) is 1. The van der Waals surface area contributed by atoms with Gasteiger partial charge in [-0.05, 0) is 17.9 Å². The number of ether oxygens (including phenoxy) is 1. The molecule has 0 radical (unpaired) electrons. The van der Waals surface area contributed by atoms with Crippen LogP contribution in [0.1, 0.15) is 13.3 Å². The third-order valence-corrected chi connectivity index (χ3v) is 1.80. The monoisotopic (exact) mass is 193 g/mol. The third-order valence-electron chi connectivity index (χ3n) is 1.44. The molecule has 5 nitrogen and oxygen atoms in total. The van der Waals surface area contributed by atoms with E-state index in [0.29, 0.717) is 5.90 Å². The Morgan fingerprint density at radius 3 is 2.67 bits per heavy atom. The number of rotatable bonds is 4. The minimum atomic E-state index is -1.70. The first kappa shape index (κ1) is 11.7. The lowest BCUT2D eigenvalue weighted by Crippen LogP contribution is -2.35.